The van der Waals surface area contributed by atoms with Crippen molar-refractivity contribution in [1.82, 2.24) is 10.3 Å². The molecule has 72 valence electrons. The van der Waals surface area contributed by atoms with Crippen molar-refractivity contribution in [3.63, 3.8) is 0 Å². The molecule has 13 heavy (non-hydrogen) atoms. The lowest BCUT2D eigenvalue weighted by molar-refractivity contribution is 0.586. The Hall–Kier alpha value is -1.09. The van der Waals surface area contributed by atoms with Crippen molar-refractivity contribution in [2.45, 2.75) is 33.4 Å². The van der Waals surface area contributed by atoms with Gasteiger partial charge >= 0.3 is 0 Å². The maximum atomic E-state index is 11.4. The molecule has 0 radical (unpaired) electrons. The SMILES string of the molecule is Cc1cc(=O)c(CNC(C)C)c[nH]1. The molecule has 0 aliphatic heterocycles. The Balaban J connectivity index is 2.73. The minimum Gasteiger partial charge on any atom is -0.365 e. The van der Waals surface area contributed by atoms with E-state index < -0.39 is 0 Å². The van der Waals surface area contributed by atoms with Crippen molar-refractivity contribution in [3.8, 4) is 0 Å². The molecule has 3 nitrogen and oxygen atoms in total. The Morgan fingerprint density at radius 2 is 2.23 bits per heavy atom. The summed E-state index contributed by atoms with van der Waals surface area (Å²) in [6, 6.07) is 2.03. The molecule has 0 spiro atoms. The third kappa shape index (κ3) is 3.03. The van der Waals surface area contributed by atoms with Gasteiger partial charge in [0, 0.05) is 36.1 Å². The molecule has 2 N–H and O–H groups in total. The summed E-state index contributed by atoms with van der Waals surface area (Å²) in [7, 11) is 0. The molecule has 0 fully saturated rings. The molecule has 0 atom stereocenters. The highest BCUT2D eigenvalue weighted by Gasteiger charge is 1.99. The van der Waals surface area contributed by atoms with Crippen molar-refractivity contribution in [1.29, 1.82) is 0 Å². The highest BCUT2D eigenvalue weighted by Crippen LogP contribution is 1.92. The van der Waals surface area contributed by atoms with E-state index in [1.165, 1.54) is 0 Å². The minimum absolute atomic E-state index is 0.101. The largest absolute Gasteiger partial charge is 0.365 e. The van der Waals surface area contributed by atoms with E-state index in [0.717, 1.165) is 11.3 Å². The van der Waals surface area contributed by atoms with E-state index in [-0.39, 0.29) is 5.43 Å². The van der Waals surface area contributed by atoms with Crippen molar-refractivity contribution >= 4 is 0 Å². The van der Waals surface area contributed by atoms with Gasteiger partial charge < -0.3 is 10.3 Å². The topological polar surface area (TPSA) is 44.9 Å². The van der Waals surface area contributed by atoms with Gasteiger partial charge in [0.2, 0.25) is 0 Å². The summed E-state index contributed by atoms with van der Waals surface area (Å²) in [6.45, 7) is 6.62. The van der Waals surface area contributed by atoms with Crippen molar-refractivity contribution < 1.29 is 0 Å². The van der Waals surface area contributed by atoms with Crippen LogP contribution in [0.2, 0.25) is 0 Å². The Labute approximate surface area is 78.2 Å². The van der Waals surface area contributed by atoms with Gasteiger partial charge in [-0.2, -0.15) is 0 Å². The first-order valence-electron chi connectivity index (χ1n) is 4.51. The fraction of sp³-hybridized carbons (Fsp3) is 0.500. The second kappa shape index (κ2) is 4.23. The van der Waals surface area contributed by atoms with Crippen LogP contribution in [-0.4, -0.2) is 11.0 Å². The van der Waals surface area contributed by atoms with Crippen molar-refractivity contribution in [2.75, 3.05) is 0 Å². The van der Waals surface area contributed by atoms with E-state index >= 15 is 0 Å². The highest BCUT2D eigenvalue weighted by molar-refractivity contribution is 5.13. The zero-order valence-electron chi connectivity index (χ0n) is 8.35. The smallest absolute Gasteiger partial charge is 0.186 e. The number of aromatic nitrogens is 1. The van der Waals surface area contributed by atoms with Gasteiger partial charge in [0.15, 0.2) is 5.43 Å². The van der Waals surface area contributed by atoms with Gasteiger partial charge in [-0.3, -0.25) is 4.79 Å². The Bertz CT molecular complexity index is 328. The van der Waals surface area contributed by atoms with E-state index in [1.807, 2.05) is 6.92 Å². The molecule has 0 aliphatic carbocycles. The van der Waals surface area contributed by atoms with Gasteiger partial charge in [0.25, 0.3) is 0 Å². The molecule has 3 heteroatoms. The van der Waals surface area contributed by atoms with Crippen LogP contribution in [-0.2, 0) is 6.54 Å². The Morgan fingerprint density at radius 3 is 2.77 bits per heavy atom. The molecule has 0 saturated heterocycles. The van der Waals surface area contributed by atoms with Crippen LogP contribution in [0.1, 0.15) is 25.1 Å². The average molecular weight is 180 g/mol. The first-order valence-corrected chi connectivity index (χ1v) is 4.51. The lowest BCUT2D eigenvalue weighted by Gasteiger charge is -2.07. The standard InChI is InChI=1S/C10H16N2O/c1-7(2)11-5-9-6-12-8(3)4-10(9)13/h4,6-7,11H,5H2,1-3H3,(H,12,13). The molecule has 1 heterocycles. The molecular weight excluding hydrogens is 164 g/mol. The number of rotatable bonds is 3. The third-order valence-electron chi connectivity index (χ3n) is 1.84. The van der Waals surface area contributed by atoms with Crippen LogP contribution in [0.5, 0.6) is 0 Å². The van der Waals surface area contributed by atoms with Gasteiger partial charge in [0.1, 0.15) is 0 Å². The lowest BCUT2D eigenvalue weighted by atomic mass is 10.2. The summed E-state index contributed by atoms with van der Waals surface area (Å²) in [5.74, 6) is 0. The fourth-order valence-corrected chi connectivity index (χ4v) is 1.06. The monoisotopic (exact) mass is 180 g/mol. The number of hydrogen-bond acceptors (Lipinski definition) is 2. The third-order valence-corrected chi connectivity index (χ3v) is 1.84. The summed E-state index contributed by atoms with van der Waals surface area (Å²) in [5, 5.41) is 3.20. The molecule has 0 aliphatic rings. The molecule has 0 bridgehead atoms. The molecule has 1 aromatic rings. The maximum absolute atomic E-state index is 11.4. The van der Waals surface area contributed by atoms with Crippen molar-refractivity contribution in [2.24, 2.45) is 0 Å². The van der Waals surface area contributed by atoms with E-state index in [2.05, 4.69) is 24.1 Å². The number of H-pyrrole nitrogens is 1. The molecule has 0 amide bonds. The molecule has 0 unspecified atom stereocenters. The van der Waals surface area contributed by atoms with Crippen LogP contribution in [0.15, 0.2) is 17.1 Å². The van der Waals surface area contributed by atoms with Crippen LogP contribution in [0, 0.1) is 6.92 Å². The predicted molar refractivity (Wildman–Crippen MR) is 53.8 cm³/mol. The molecular formula is C10H16N2O. The van der Waals surface area contributed by atoms with Gasteiger partial charge in [0.05, 0.1) is 0 Å². The summed E-state index contributed by atoms with van der Waals surface area (Å²) in [5.41, 5.74) is 1.79. The van der Waals surface area contributed by atoms with Crippen LogP contribution < -0.4 is 10.7 Å². The summed E-state index contributed by atoms with van der Waals surface area (Å²) in [6.07, 6.45) is 1.77. The second-order valence-corrected chi connectivity index (χ2v) is 3.54. The van der Waals surface area contributed by atoms with Crippen molar-refractivity contribution in [3.05, 3.63) is 33.7 Å². The van der Waals surface area contributed by atoms with Crippen LogP contribution >= 0.6 is 0 Å². The molecule has 1 aromatic heterocycles. The normalized spacial score (nSPS) is 10.8. The minimum atomic E-state index is 0.101. The lowest BCUT2D eigenvalue weighted by Crippen LogP contribution is -2.25. The Morgan fingerprint density at radius 1 is 1.54 bits per heavy atom. The molecule has 0 aromatic carbocycles. The number of hydrogen-bond donors (Lipinski definition) is 2. The predicted octanol–water partition coefficient (Wildman–Crippen LogP) is 1.18. The second-order valence-electron chi connectivity index (χ2n) is 3.54. The van der Waals surface area contributed by atoms with Crippen LogP contribution in [0.3, 0.4) is 0 Å². The number of pyridine rings is 1. The fourth-order valence-electron chi connectivity index (χ4n) is 1.06. The van der Waals surface area contributed by atoms with E-state index in [9.17, 15) is 4.79 Å². The molecule has 0 saturated carbocycles. The summed E-state index contributed by atoms with van der Waals surface area (Å²) in [4.78, 5) is 14.4. The number of aryl methyl sites for hydroxylation is 1. The quantitative estimate of drug-likeness (QED) is 0.733. The van der Waals surface area contributed by atoms with Gasteiger partial charge in [-0.15, -0.1) is 0 Å². The number of aromatic amines is 1. The molecule has 1 rings (SSSR count). The zero-order chi connectivity index (χ0) is 9.84. The van der Waals surface area contributed by atoms with E-state index in [0.29, 0.717) is 12.6 Å². The first kappa shape index (κ1) is 9.99. The van der Waals surface area contributed by atoms with Gasteiger partial charge in [-0.05, 0) is 6.92 Å². The van der Waals surface area contributed by atoms with Gasteiger partial charge in [-0.25, -0.2) is 0 Å². The van der Waals surface area contributed by atoms with Crippen LogP contribution in [0.4, 0.5) is 0 Å². The van der Waals surface area contributed by atoms with Crippen LogP contribution in [0.25, 0.3) is 0 Å². The summed E-state index contributed by atoms with van der Waals surface area (Å²) < 4.78 is 0. The average Bonchev–Trinajstić information content (AvgIpc) is 2.02. The Kier molecular flexibility index (Phi) is 3.25. The van der Waals surface area contributed by atoms with E-state index in [4.69, 9.17) is 0 Å². The first-order chi connectivity index (χ1) is 6.09. The van der Waals surface area contributed by atoms with E-state index in [1.54, 1.807) is 12.3 Å². The number of nitrogens with one attached hydrogen (secondary N) is 2. The summed E-state index contributed by atoms with van der Waals surface area (Å²) >= 11 is 0. The zero-order valence-corrected chi connectivity index (χ0v) is 8.35. The van der Waals surface area contributed by atoms with Gasteiger partial charge in [-0.1, -0.05) is 13.8 Å². The maximum Gasteiger partial charge on any atom is 0.186 e. The highest BCUT2D eigenvalue weighted by atomic mass is 16.1.